The minimum Gasteiger partial charge on any atom is -0.346 e. The van der Waals surface area contributed by atoms with Crippen LogP contribution in [0.15, 0.2) is 0 Å². The van der Waals surface area contributed by atoms with Crippen molar-refractivity contribution in [3.8, 4) is 0 Å². The molecule has 0 saturated carbocycles. The van der Waals surface area contributed by atoms with E-state index in [4.69, 9.17) is 0 Å². The zero-order valence-electron chi connectivity index (χ0n) is 6.33. The molecule has 2 heteroatoms. The van der Waals surface area contributed by atoms with Crippen LogP contribution in [-0.2, 0) is 26.2 Å². The van der Waals surface area contributed by atoms with Crippen molar-refractivity contribution >= 4 is 0 Å². The van der Waals surface area contributed by atoms with E-state index in [0.29, 0.717) is 0 Å². The Morgan fingerprint density at radius 2 is 0.625 bits per heavy atom. The summed E-state index contributed by atoms with van der Waals surface area (Å²) >= 11 is 0. The molecule has 0 unspecified atom stereocenters. The number of rotatable bonds is 0. The first kappa shape index (κ1) is 36.8. The Balaban J connectivity index is -0.00000000500. The van der Waals surface area contributed by atoms with Gasteiger partial charge in [0, 0.05) is 0 Å². The molecule has 51 valence electrons. The van der Waals surface area contributed by atoms with Crippen molar-refractivity contribution in [3.63, 3.8) is 0 Å². The second-order valence-corrected chi connectivity index (χ2v) is 0. The first-order valence-corrected chi connectivity index (χ1v) is 2.12. The molecule has 0 rings (SSSR count). The average Bonchev–Trinajstić information content (AvgIpc) is 1.81. The van der Waals surface area contributed by atoms with Crippen LogP contribution in [0.3, 0.4) is 0 Å². The van der Waals surface area contributed by atoms with Crippen LogP contribution in [0.25, 0.3) is 0 Å². The van der Waals surface area contributed by atoms with Crippen LogP contribution in [0.2, 0.25) is 0 Å². The second-order valence-electron chi connectivity index (χ2n) is 0. The topological polar surface area (TPSA) is 35.0 Å². The molecule has 0 fully saturated rings. The molecule has 0 aliphatic heterocycles. The monoisotopic (exact) mass is 194 g/mol. The predicted octanol–water partition coefficient (Wildman–Crippen LogP) is 2.68. The molecular weight excluding hydrogens is 177 g/mol. The smallest absolute Gasteiger partial charge is 0.346 e. The molecule has 0 aromatic rings. The van der Waals surface area contributed by atoms with Crippen molar-refractivity contribution in [1.82, 2.24) is 6.15 Å². The van der Waals surface area contributed by atoms with Crippen LogP contribution >= 0.6 is 0 Å². The van der Waals surface area contributed by atoms with Gasteiger partial charge in [0.05, 0.1) is 0 Å². The quantitative estimate of drug-likeness (QED) is 0.593. The molecule has 0 atom stereocenters. The van der Waals surface area contributed by atoms with Crippen LogP contribution in [0.1, 0.15) is 20.8 Å². The fraction of sp³-hybridized carbons (Fsp3) is 0.500. The molecule has 8 heavy (non-hydrogen) atoms. The Labute approximate surface area is 74.0 Å². The molecule has 0 aromatic carbocycles. The maximum absolute atomic E-state index is 3.25. The number of hydrogen-bond acceptors (Lipinski definition) is 1. The van der Waals surface area contributed by atoms with Crippen molar-refractivity contribution in [2.45, 2.75) is 20.8 Å². The van der Waals surface area contributed by atoms with Crippen LogP contribution in [0, 0.1) is 20.8 Å². The molecular formula is C6H18NZr. The van der Waals surface area contributed by atoms with E-state index in [9.17, 15) is 0 Å². The van der Waals surface area contributed by atoms with Crippen molar-refractivity contribution < 1.29 is 26.2 Å². The van der Waals surface area contributed by atoms with Gasteiger partial charge in [0.2, 0.25) is 0 Å². The van der Waals surface area contributed by atoms with Gasteiger partial charge in [0.1, 0.15) is 0 Å². The SMILES string of the molecule is N.[CH2-]C.[CH2-]C.[CH2-]C.[Zr+3]. The Hall–Kier alpha value is 0.843. The van der Waals surface area contributed by atoms with Crippen molar-refractivity contribution in [3.05, 3.63) is 20.8 Å². The zero-order chi connectivity index (χ0) is 6.00. The third kappa shape index (κ3) is 329. The van der Waals surface area contributed by atoms with Crippen LogP contribution < -0.4 is 6.15 Å². The molecule has 0 aliphatic rings. The molecule has 0 spiro atoms. The molecule has 0 bridgehead atoms. The summed E-state index contributed by atoms with van der Waals surface area (Å²) in [7, 11) is 0. The van der Waals surface area contributed by atoms with Gasteiger partial charge in [0.15, 0.2) is 0 Å². The summed E-state index contributed by atoms with van der Waals surface area (Å²) in [5, 5.41) is 0. The van der Waals surface area contributed by atoms with Gasteiger partial charge in [-0.2, -0.15) is 20.8 Å². The predicted molar refractivity (Wildman–Crippen MR) is 38.1 cm³/mol. The van der Waals surface area contributed by atoms with Crippen LogP contribution in [0.5, 0.6) is 0 Å². The summed E-state index contributed by atoms with van der Waals surface area (Å²) in [4.78, 5) is 0. The first-order chi connectivity index (χ1) is 3.00. The molecule has 0 aromatic heterocycles. The summed E-state index contributed by atoms with van der Waals surface area (Å²) in [5.41, 5.74) is 0. The minimum absolute atomic E-state index is 0. The Morgan fingerprint density at radius 3 is 0.625 bits per heavy atom. The van der Waals surface area contributed by atoms with Crippen LogP contribution in [0.4, 0.5) is 0 Å². The van der Waals surface area contributed by atoms with Gasteiger partial charge in [-0.25, -0.2) is 0 Å². The summed E-state index contributed by atoms with van der Waals surface area (Å²) < 4.78 is 0. The van der Waals surface area contributed by atoms with E-state index in [1.807, 2.05) is 0 Å². The summed E-state index contributed by atoms with van der Waals surface area (Å²) in [6, 6.07) is 0. The van der Waals surface area contributed by atoms with Gasteiger partial charge in [-0.3, -0.25) is 0 Å². The van der Waals surface area contributed by atoms with Gasteiger partial charge in [-0.15, -0.1) is 0 Å². The normalized spacial score (nSPS) is 2.25. The largest absolute Gasteiger partial charge is 3.00 e. The Kier molecular flexibility index (Phi) is 2380. The van der Waals surface area contributed by atoms with E-state index >= 15 is 0 Å². The van der Waals surface area contributed by atoms with Crippen molar-refractivity contribution in [2.24, 2.45) is 0 Å². The first-order valence-electron chi connectivity index (χ1n) is 2.12. The van der Waals surface area contributed by atoms with E-state index < -0.39 is 0 Å². The third-order valence-electron chi connectivity index (χ3n) is 0. The fourth-order valence-electron chi connectivity index (χ4n) is 0. The summed E-state index contributed by atoms with van der Waals surface area (Å²) in [5.74, 6) is 0. The molecule has 0 heterocycles. The molecule has 0 aliphatic carbocycles. The molecule has 0 amide bonds. The van der Waals surface area contributed by atoms with Crippen molar-refractivity contribution in [2.75, 3.05) is 0 Å². The zero-order valence-corrected chi connectivity index (χ0v) is 8.79. The fourth-order valence-corrected chi connectivity index (χ4v) is 0. The maximum Gasteiger partial charge on any atom is 3.00 e. The number of hydrogen-bond donors (Lipinski definition) is 1. The van der Waals surface area contributed by atoms with Gasteiger partial charge >= 0.3 is 26.2 Å². The molecule has 1 radical (unpaired) electrons. The van der Waals surface area contributed by atoms with E-state index in [0.717, 1.165) is 0 Å². The average molecular weight is 195 g/mol. The second kappa shape index (κ2) is 517. The molecule has 0 saturated heterocycles. The van der Waals surface area contributed by atoms with Gasteiger partial charge in [-0.1, -0.05) is 0 Å². The van der Waals surface area contributed by atoms with Gasteiger partial charge in [-0.05, 0) is 0 Å². The van der Waals surface area contributed by atoms with E-state index in [1.54, 1.807) is 20.8 Å². The van der Waals surface area contributed by atoms with Crippen LogP contribution in [-0.4, -0.2) is 0 Å². The third-order valence-corrected chi connectivity index (χ3v) is 0. The summed E-state index contributed by atoms with van der Waals surface area (Å²) in [6.07, 6.45) is 0. The standard InChI is InChI=1S/3C2H5.H3N.Zr/c3*1-2;;/h3*1H2,2H3;1H3;/q3*-1;;+3. The minimum atomic E-state index is 0. The maximum atomic E-state index is 3.25. The molecule has 3 N–H and O–H groups in total. The Morgan fingerprint density at radius 1 is 0.625 bits per heavy atom. The van der Waals surface area contributed by atoms with E-state index in [-0.39, 0.29) is 32.4 Å². The van der Waals surface area contributed by atoms with E-state index in [1.165, 1.54) is 0 Å². The van der Waals surface area contributed by atoms with Gasteiger partial charge < -0.3 is 26.9 Å². The van der Waals surface area contributed by atoms with E-state index in [2.05, 4.69) is 20.8 Å². The Bertz CT molecular complexity index is 8.49. The molecule has 1 nitrogen and oxygen atoms in total. The summed E-state index contributed by atoms with van der Waals surface area (Å²) in [6.45, 7) is 15.0. The van der Waals surface area contributed by atoms with Gasteiger partial charge in [0.25, 0.3) is 0 Å². The van der Waals surface area contributed by atoms with Crippen molar-refractivity contribution in [1.29, 1.82) is 0 Å².